The van der Waals surface area contributed by atoms with Gasteiger partial charge in [0, 0.05) is 19.7 Å². The van der Waals surface area contributed by atoms with Gasteiger partial charge in [0.2, 0.25) is 0 Å². The zero-order valence-corrected chi connectivity index (χ0v) is 10.8. The van der Waals surface area contributed by atoms with Gasteiger partial charge in [-0.3, -0.25) is 4.79 Å². The van der Waals surface area contributed by atoms with E-state index in [4.69, 9.17) is 15.2 Å². The molecule has 0 aromatic carbocycles. The van der Waals surface area contributed by atoms with E-state index in [9.17, 15) is 9.59 Å². The van der Waals surface area contributed by atoms with Crippen LogP contribution in [0, 0.1) is 0 Å². The number of carbonyl (C=O) groups is 2. The van der Waals surface area contributed by atoms with Gasteiger partial charge in [-0.05, 0) is 20.8 Å². The van der Waals surface area contributed by atoms with Gasteiger partial charge in [0.25, 0.3) is 5.91 Å². The first-order valence-electron chi connectivity index (χ1n) is 5.87. The van der Waals surface area contributed by atoms with Gasteiger partial charge in [-0.2, -0.15) is 0 Å². The lowest BCUT2D eigenvalue weighted by atomic mass is 10.2. The predicted octanol–water partition coefficient (Wildman–Crippen LogP) is -0.238. The first-order valence-corrected chi connectivity index (χ1v) is 5.87. The molecule has 0 rings (SSSR count). The largest absolute Gasteiger partial charge is 0.464 e. The van der Waals surface area contributed by atoms with E-state index < -0.39 is 17.9 Å². The van der Waals surface area contributed by atoms with Crippen molar-refractivity contribution in [1.29, 1.82) is 0 Å². The number of ether oxygens (including phenoxy) is 2. The minimum atomic E-state index is -1.24. The summed E-state index contributed by atoms with van der Waals surface area (Å²) in [6.07, 6.45) is 0. The third-order valence-electron chi connectivity index (χ3n) is 2.21. The highest BCUT2D eigenvalue weighted by Gasteiger charge is 2.27. The topological polar surface area (TPSA) is 81.9 Å². The van der Waals surface area contributed by atoms with E-state index in [2.05, 4.69) is 0 Å². The summed E-state index contributed by atoms with van der Waals surface area (Å²) in [5.74, 6) is -1.11. The summed E-state index contributed by atoms with van der Waals surface area (Å²) < 4.78 is 9.86. The molecule has 0 aliphatic carbocycles. The van der Waals surface area contributed by atoms with E-state index in [1.807, 2.05) is 13.8 Å². The molecule has 0 saturated carbocycles. The molecule has 0 aliphatic rings. The van der Waals surface area contributed by atoms with Crippen LogP contribution >= 0.6 is 0 Å². The first kappa shape index (κ1) is 15.9. The fourth-order valence-electron chi connectivity index (χ4n) is 1.27. The molecule has 6 nitrogen and oxygen atoms in total. The summed E-state index contributed by atoms with van der Waals surface area (Å²) in [5, 5.41) is 0. The van der Waals surface area contributed by atoms with Crippen molar-refractivity contribution in [1.82, 2.24) is 4.90 Å². The summed E-state index contributed by atoms with van der Waals surface area (Å²) >= 11 is 0. The van der Waals surface area contributed by atoms with Crippen LogP contribution in [0.4, 0.5) is 0 Å². The fourth-order valence-corrected chi connectivity index (χ4v) is 1.27. The van der Waals surface area contributed by atoms with Crippen molar-refractivity contribution in [3.8, 4) is 0 Å². The van der Waals surface area contributed by atoms with Crippen LogP contribution in [0.3, 0.4) is 0 Å². The molecule has 0 fully saturated rings. The Morgan fingerprint density at radius 1 is 1.24 bits per heavy atom. The van der Waals surface area contributed by atoms with Crippen molar-refractivity contribution in [2.45, 2.75) is 26.8 Å². The smallest absolute Gasteiger partial charge is 0.332 e. The monoisotopic (exact) mass is 246 g/mol. The van der Waals surface area contributed by atoms with Crippen LogP contribution < -0.4 is 5.73 Å². The maximum atomic E-state index is 11.8. The van der Waals surface area contributed by atoms with Crippen molar-refractivity contribution >= 4 is 11.9 Å². The van der Waals surface area contributed by atoms with Gasteiger partial charge in [0.15, 0.2) is 6.04 Å². The molecule has 0 aromatic heterocycles. The van der Waals surface area contributed by atoms with Gasteiger partial charge in [-0.15, -0.1) is 0 Å². The summed E-state index contributed by atoms with van der Waals surface area (Å²) in [5.41, 5.74) is 5.52. The zero-order chi connectivity index (χ0) is 13.3. The van der Waals surface area contributed by atoms with Crippen molar-refractivity contribution in [2.75, 3.05) is 32.9 Å². The number of esters is 1. The SMILES string of the molecule is CCOCCN(CC)C(=O)C(N)C(=O)OCC. The lowest BCUT2D eigenvalue weighted by Crippen LogP contribution is -2.49. The second-order valence-corrected chi connectivity index (χ2v) is 3.34. The van der Waals surface area contributed by atoms with E-state index >= 15 is 0 Å². The van der Waals surface area contributed by atoms with Crippen LogP contribution in [-0.4, -0.2) is 55.7 Å². The van der Waals surface area contributed by atoms with Gasteiger partial charge in [-0.1, -0.05) is 0 Å². The van der Waals surface area contributed by atoms with Crippen molar-refractivity contribution in [3.05, 3.63) is 0 Å². The Labute approximate surface area is 102 Å². The number of likely N-dealkylation sites (N-methyl/N-ethyl adjacent to an activating group) is 1. The van der Waals surface area contributed by atoms with Crippen molar-refractivity contribution < 1.29 is 19.1 Å². The molecule has 17 heavy (non-hydrogen) atoms. The average molecular weight is 246 g/mol. The number of amides is 1. The predicted molar refractivity (Wildman–Crippen MR) is 63.4 cm³/mol. The van der Waals surface area contributed by atoms with Gasteiger partial charge in [-0.25, -0.2) is 4.79 Å². The summed E-state index contributed by atoms with van der Waals surface area (Å²) in [4.78, 5) is 24.6. The minimum absolute atomic E-state index is 0.213. The molecule has 0 saturated heterocycles. The van der Waals surface area contributed by atoms with Crippen molar-refractivity contribution in [2.24, 2.45) is 5.73 Å². The van der Waals surface area contributed by atoms with Gasteiger partial charge in [0.05, 0.1) is 13.2 Å². The molecular formula is C11H22N2O4. The Balaban J connectivity index is 4.26. The minimum Gasteiger partial charge on any atom is -0.464 e. The molecule has 1 atom stereocenters. The highest BCUT2D eigenvalue weighted by Crippen LogP contribution is 1.96. The average Bonchev–Trinajstić information content (AvgIpc) is 2.33. The molecular weight excluding hydrogens is 224 g/mol. The number of hydrogen-bond donors (Lipinski definition) is 1. The van der Waals surface area contributed by atoms with Crippen molar-refractivity contribution in [3.63, 3.8) is 0 Å². The van der Waals surface area contributed by atoms with E-state index in [0.29, 0.717) is 26.3 Å². The third-order valence-corrected chi connectivity index (χ3v) is 2.21. The van der Waals surface area contributed by atoms with Crippen LogP contribution in [0.5, 0.6) is 0 Å². The van der Waals surface area contributed by atoms with Crippen LogP contribution in [0.1, 0.15) is 20.8 Å². The molecule has 2 N–H and O–H groups in total. The van der Waals surface area contributed by atoms with E-state index in [1.165, 1.54) is 4.90 Å². The highest BCUT2D eigenvalue weighted by molar-refractivity contribution is 6.01. The fraction of sp³-hybridized carbons (Fsp3) is 0.818. The molecule has 0 aliphatic heterocycles. The second kappa shape index (κ2) is 8.95. The Hall–Kier alpha value is -1.14. The van der Waals surface area contributed by atoms with E-state index in [-0.39, 0.29) is 6.61 Å². The molecule has 0 spiro atoms. The lowest BCUT2D eigenvalue weighted by Gasteiger charge is -2.23. The number of nitrogens with zero attached hydrogens (tertiary/aromatic N) is 1. The van der Waals surface area contributed by atoms with E-state index in [1.54, 1.807) is 6.92 Å². The van der Waals surface area contributed by atoms with E-state index in [0.717, 1.165) is 0 Å². The quantitative estimate of drug-likeness (QED) is 0.363. The third kappa shape index (κ3) is 5.65. The Morgan fingerprint density at radius 3 is 2.35 bits per heavy atom. The maximum absolute atomic E-state index is 11.8. The Kier molecular flexibility index (Phi) is 8.35. The number of hydrogen-bond acceptors (Lipinski definition) is 5. The lowest BCUT2D eigenvalue weighted by molar-refractivity contribution is -0.151. The maximum Gasteiger partial charge on any atom is 0.332 e. The van der Waals surface area contributed by atoms with Crippen LogP contribution in [-0.2, 0) is 19.1 Å². The van der Waals surface area contributed by atoms with Crippen LogP contribution in [0.15, 0.2) is 0 Å². The second-order valence-electron chi connectivity index (χ2n) is 3.34. The normalized spacial score (nSPS) is 12.0. The zero-order valence-electron chi connectivity index (χ0n) is 10.8. The molecule has 0 heterocycles. The molecule has 100 valence electrons. The molecule has 6 heteroatoms. The summed E-state index contributed by atoms with van der Waals surface area (Å²) in [6.45, 7) is 7.52. The molecule has 0 aromatic rings. The molecule has 1 amide bonds. The molecule has 1 unspecified atom stereocenters. The number of rotatable bonds is 8. The first-order chi connectivity index (χ1) is 8.08. The number of carbonyl (C=O) groups excluding carboxylic acids is 2. The van der Waals surface area contributed by atoms with Crippen LogP contribution in [0.25, 0.3) is 0 Å². The Bertz CT molecular complexity index is 246. The molecule has 0 radical (unpaired) electrons. The van der Waals surface area contributed by atoms with Gasteiger partial charge < -0.3 is 20.1 Å². The summed E-state index contributed by atoms with van der Waals surface area (Å²) in [6, 6.07) is -1.24. The number of nitrogens with two attached hydrogens (primary N) is 1. The summed E-state index contributed by atoms with van der Waals surface area (Å²) in [7, 11) is 0. The van der Waals surface area contributed by atoms with Gasteiger partial charge >= 0.3 is 5.97 Å². The Morgan fingerprint density at radius 2 is 1.88 bits per heavy atom. The molecule has 0 bridgehead atoms. The standard InChI is InChI=1S/C11H22N2O4/c1-4-13(7-8-16-5-2)10(14)9(12)11(15)17-6-3/h9H,4-8,12H2,1-3H3. The van der Waals surface area contributed by atoms with Crippen LogP contribution in [0.2, 0.25) is 0 Å². The highest BCUT2D eigenvalue weighted by atomic mass is 16.5. The van der Waals surface area contributed by atoms with Gasteiger partial charge in [0.1, 0.15) is 0 Å².